The molecule has 3 heteroatoms. The maximum atomic E-state index is 5.32. The predicted octanol–water partition coefficient (Wildman–Crippen LogP) is 3.04. The first-order valence-electron chi connectivity index (χ1n) is 7.41. The van der Waals surface area contributed by atoms with Crippen LogP contribution in [-0.4, -0.2) is 37.2 Å². The Bertz CT molecular complexity index is 446. The summed E-state index contributed by atoms with van der Waals surface area (Å²) >= 11 is 0. The molecule has 2 aliphatic heterocycles. The van der Waals surface area contributed by atoms with E-state index in [2.05, 4.69) is 29.3 Å². The van der Waals surface area contributed by atoms with E-state index >= 15 is 0 Å². The van der Waals surface area contributed by atoms with Gasteiger partial charge in [-0.05, 0) is 50.8 Å². The first-order chi connectivity index (χ1) is 9.26. The van der Waals surface area contributed by atoms with Crippen molar-refractivity contribution in [3.63, 3.8) is 0 Å². The van der Waals surface area contributed by atoms with E-state index in [0.717, 1.165) is 11.8 Å². The molecule has 2 atom stereocenters. The number of nitrogens with one attached hydrogen (secondary N) is 1. The van der Waals surface area contributed by atoms with Crippen molar-refractivity contribution in [2.75, 3.05) is 25.5 Å². The van der Waals surface area contributed by atoms with E-state index in [1.807, 2.05) is 6.07 Å². The van der Waals surface area contributed by atoms with E-state index in [0.29, 0.717) is 6.04 Å². The van der Waals surface area contributed by atoms with E-state index in [9.17, 15) is 0 Å². The lowest BCUT2D eigenvalue weighted by atomic mass is 9.97. The number of aryl methyl sites for hydroxylation is 1. The maximum absolute atomic E-state index is 5.32. The molecule has 3 nitrogen and oxygen atoms in total. The van der Waals surface area contributed by atoms with Gasteiger partial charge in [0.25, 0.3) is 0 Å². The summed E-state index contributed by atoms with van der Waals surface area (Å²) < 4.78 is 5.32. The Hall–Kier alpha value is -1.22. The van der Waals surface area contributed by atoms with Gasteiger partial charge in [0.15, 0.2) is 0 Å². The largest absolute Gasteiger partial charge is 0.497 e. The molecule has 0 spiro atoms. The van der Waals surface area contributed by atoms with Crippen LogP contribution in [0.3, 0.4) is 0 Å². The van der Waals surface area contributed by atoms with Crippen molar-refractivity contribution < 1.29 is 4.74 Å². The number of rotatable bonds is 3. The quantitative estimate of drug-likeness (QED) is 0.904. The fourth-order valence-corrected chi connectivity index (χ4v) is 3.46. The first-order valence-corrected chi connectivity index (χ1v) is 7.41. The topological polar surface area (TPSA) is 24.5 Å². The summed E-state index contributed by atoms with van der Waals surface area (Å²) in [4.78, 5) is 2.66. The van der Waals surface area contributed by atoms with Gasteiger partial charge in [-0.3, -0.25) is 0 Å². The van der Waals surface area contributed by atoms with E-state index in [-0.39, 0.29) is 0 Å². The molecule has 2 fully saturated rings. The zero-order valence-electron chi connectivity index (χ0n) is 12.0. The molecule has 1 aromatic rings. The predicted molar refractivity (Wildman–Crippen MR) is 79.0 cm³/mol. The molecule has 104 valence electrons. The average molecular weight is 260 g/mol. The van der Waals surface area contributed by atoms with Gasteiger partial charge in [-0.2, -0.15) is 0 Å². The van der Waals surface area contributed by atoms with Crippen LogP contribution < -0.4 is 10.1 Å². The summed E-state index contributed by atoms with van der Waals surface area (Å²) in [6.45, 7) is 4.73. The minimum absolute atomic E-state index is 0.616. The molecule has 3 rings (SSSR count). The second-order valence-corrected chi connectivity index (χ2v) is 5.88. The Kier molecular flexibility index (Phi) is 3.65. The molecule has 0 amide bonds. The van der Waals surface area contributed by atoms with Gasteiger partial charge >= 0.3 is 0 Å². The number of fused-ring (bicyclic) bond motifs is 1. The monoisotopic (exact) mass is 260 g/mol. The normalized spacial score (nSPS) is 27.1. The number of piperidine rings is 1. The number of anilines is 1. The number of hydrogen-bond acceptors (Lipinski definition) is 3. The third-order valence-electron chi connectivity index (χ3n) is 4.62. The molecule has 19 heavy (non-hydrogen) atoms. The molecule has 0 aromatic heterocycles. The molecule has 1 aromatic carbocycles. The molecule has 2 aliphatic rings. The van der Waals surface area contributed by atoms with Gasteiger partial charge in [0.2, 0.25) is 0 Å². The third kappa shape index (κ3) is 2.71. The number of benzene rings is 1. The summed E-state index contributed by atoms with van der Waals surface area (Å²) in [5, 5.41) is 3.73. The van der Waals surface area contributed by atoms with E-state index in [4.69, 9.17) is 4.74 Å². The number of ether oxygens (including phenoxy) is 1. The van der Waals surface area contributed by atoms with Gasteiger partial charge in [0, 0.05) is 30.4 Å². The van der Waals surface area contributed by atoms with Gasteiger partial charge in [-0.1, -0.05) is 6.07 Å². The summed E-state index contributed by atoms with van der Waals surface area (Å²) in [7, 11) is 1.73. The van der Waals surface area contributed by atoms with Crippen LogP contribution in [0, 0.1) is 6.92 Å². The van der Waals surface area contributed by atoms with Gasteiger partial charge in [-0.15, -0.1) is 0 Å². The highest BCUT2D eigenvalue weighted by Gasteiger charge is 2.31. The van der Waals surface area contributed by atoms with Crippen LogP contribution in [-0.2, 0) is 0 Å². The number of hydrogen-bond donors (Lipinski definition) is 1. The molecular formula is C16H24N2O. The Morgan fingerprint density at radius 3 is 3.00 bits per heavy atom. The number of nitrogens with zero attached hydrogens (tertiary/aromatic N) is 1. The molecule has 2 unspecified atom stereocenters. The second kappa shape index (κ2) is 5.41. The van der Waals surface area contributed by atoms with Crippen LogP contribution in [0.2, 0.25) is 0 Å². The van der Waals surface area contributed by atoms with Crippen molar-refractivity contribution in [2.24, 2.45) is 0 Å². The van der Waals surface area contributed by atoms with Gasteiger partial charge in [-0.25, -0.2) is 0 Å². The van der Waals surface area contributed by atoms with E-state index in [1.54, 1.807) is 7.11 Å². The van der Waals surface area contributed by atoms with Crippen LogP contribution in [0.25, 0.3) is 0 Å². The molecule has 2 heterocycles. The van der Waals surface area contributed by atoms with Crippen molar-refractivity contribution in [1.82, 2.24) is 4.90 Å². The molecule has 1 N–H and O–H groups in total. The minimum atomic E-state index is 0.616. The van der Waals surface area contributed by atoms with Gasteiger partial charge in [0.05, 0.1) is 7.11 Å². The van der Waals surface area contributed by atoms with Crippen LogP contribution in [0.1, 0.15) is 31.2 Å². The summed E-state index contributed by atoms with van der Waals surface area (Å²) in [6.07, 6.45) is 5.31. The van der Waals surface area contributed by atoms with Gasteiger partial charge < -0.3 is 15.0 Å². The van der Waals surface area contributed by atoms with Crippen molar-refractivity contribution in [3.05, 3.63) is 23.8 Å². The zero-order chi connectivity index (χ0) is 13.2. The van der Waals surface area contributed by atoms with E-state index in [1.165, 1.54) is 50.0 Å². The maximum Gasteiger partial charge on any atom is 0.120 e. The average Bonchev–Trinajstić information content (AvgIpc) is 2.89. The SMILES string of the molecule is COc1ccc(C)c(NC2CCN3CCCC3C2)c1. The van der Waals surface area contributed by atoms with E-state index < -0.39 is 0 Å². The standard InChI is InChI=1S/C16H24N2O/c1-12-5-6-15(19-2)11-16(12)17-13-7-9-18-8-3-4-14(18)10-13/h5-6,11,13-14,17H,3-4,7-10H2,1-2H3. The smallest absolute Gasteiger partial charge is 0.120 e. The molecule has 0 aliphatic carbocycles. The van der Waals surface area contributed by atoms with Crippen molar-refractivity contribution in [3.8, 4) is 5.75 Å². The van der Waals surface area contributed by atoms with Crippen LogP contribution in [0.4, 0.5) is 5.69 Å². The Balaban J connectivity index is 1.68. The lowest BCUT2D eigenvalue weighted by Gasteiger charge is -2.35. The lowest BCUT2D eigenvalue weighted by Crippen LogP contribution is -2.42. The van der Waals surface area contributed by atoms with Crippen LogP contribution >= 0.6 is 0 Å². The Labute approximate surface area is 115 Å². The molecule has 0 bridgehead atoms. The molecule has 2 saturated heterocycles. The molecular weight excluding hydrogens is 236 g/mol. The minimum Gasteiger partial charge on any atom is -0.497 e. The highest BCUT2D eigenvalue weighted by molar-refractivity contribution is 5.55. The fraction of sp³-hybridized carbons (Fsp3) is 0.625. The highest BCUT2D eigenvalue weighted by atomic mass is 16.5. The Morgan fingerprint density at radius 2 is 2.16 bits per heavy atom. The van der Waals surface area contributed by atoms with Crippen molar-refractivity contribution in [2.45, 2.75) is 44.7 Å². The zero-order valence-corrected chi connectivity index (χ0v) is 12.0. The van der Waals surface area contributed by atoms with Crippen molar-refractivity contribution >= 4 is 5.69 Å². The second-order valence-electron chi connectivity index (χ2n) is 5.88. The highest BCUT2D eigenvalue weighted by Crippen LogP contribution is 2.30. The molecule has 0 radical (unpaired) electrons. The van der Waals surface area contributed by atoms with Gasteiger partial charge in [0.1, 0.15) is 5.75 Å². The van der Waals surface area contributed by atoms with Crippen LogP contribution in [0.5, 0.6) is 5.75 Å². The summed E-state index contributed by atoms with van der Waals surface area (Å²) in [5.74, 6) is 0.936. The first kappa shape index (κ1) is 12.8. The fourth-order valence-electron chi connectivity index (χ4n) is 3.46. The lowest BCUT2D eigenvalue weighted by molar-refractivity contribution is 0.188. The number of methoxy groups -OCH3 is 1. The third-order valence-corrected chi connectivity index (χ3v) is 4.62. The summed E-state index contributed by atoms with van der Waals surface area (Å²) in [6, 6.07) is 7.71. The van der Waals surface area contributed by atoms with Crippen molar-refractivity contribution in [1.29, 1.82) is 0 Å². The molecule has 0 saturated carbocycles. The van der Waals surface area contributed by atoms with Crippen LogP contribution in [0.15, 0.2) is 18.2 Å². The summed E-state index contributed by atoms with van der Waals surface area (Å²) in [5.41, 5.74) is 2.53. The Morgan fingerprint density at radius 1 is 1.26 bits per heavy atom.